The molecule has 1 heteroatoms. The molecular formula is C19H16O. The quantitative estimate of drug-likeness (QED) is 0.591. The highest BCUT2D eigenvalue weighted by Gasteiger charge is 2.07. The number of carbonyl (C=O) groups excluding carboxylic acids is 1. The molecule has 0 atom stereocenters. The molecule has 0 saturated heterocycles. The molecule has 0 amide bonds. The lowest BCUT2D eigenvalue weighted by Gasteiger charge is -2.11. The second-order valence-electron chi connectivity index (χ2n) is 5.11. The summed E-state index contributed by atoms with van der Waals surface area (Å²) in [6.45, 7) is 3.72. The minimum atomic E-state index is 0.103. The third kappa shape index (κ3) is 2.12. The number of hydrogen-bond acceptors (Lipinski definition) is 1. The fraction of sp³-hybridized carbons (Fsp3) is 0.105. The highest BCUT2D eigenvalue weighted by molar-refractivity contribution is 5.99. The van der Waals surface area contributed by atoms with E-state index in [9.17, 15) is 4.79 Å². The summed E-state index contributed by atoms with van der Waals surface area (Å²) in [4.78, 5) is 11.4. The molecule has 0 aliphatic rings. The minimum absolute atomic E-state index is 0.103. The Hall–Kier alpha value is -2.41. The largest absolute Gasteiger partial charge is 0.295 e. The molecule has 0 saturated carbocycles. The van der Waals surface area contributed by atoms with Crippen molar-refractivity contribution in [2.45, 2.75) is 13.8 Å². The molecule has 0 heterocycles. The molecule has 0 unspecified atom stereocenters. The summed E-state index contributed by atoms with van der Waals surface area (Å²) in [6.07, 6.45) is 0. The fourth-order valence-electron chi connectivity index (χ4n) is 2.64. The number of aryl methyl sites for hydroxylation is 1. The van der Waals surface area contributed by atoms with Crippen molar-refractivity contribution in [1.82, 2.24) is 0 Å². The van der Waals surface area contributed by atoms with Crippen LogP contribution in [0.3, 0.4) is 0 Å². The van der Waals surface area contributed by atoms with Crippen molar-refractivity contribution in [2.24, 2.45) is 0 Å². The maximum atomic E-state index is 11.4. The molecule has 1 nitrogen and oxygen atoms in total. The van der Waals surface area contributed by atoms with E-state index in [1.807, 2.05) is 24.3 Å². The number of Topliss-reactive ketones (excluding diaryl/α,β-unsaturated/α-hetero) is 1. The van der Waals surface area contributed by atoms with Gasteiger partial charge in [-0.1, -0.05) is 60.7 Å². The number of hydrogen-bond donors (Lipinski definition) is 0. The van der Waals surface area contributed by atoms with Crippen molar-refractivity contribution in [1.29, 1.82) is 0 Å². The molecule has 0 N–H and O–H groups in total. The van der Waals surface area contributed by atoms with Gasteiger partial charge in [0.25, 0.3) is 0 Å². The van der Waals surface area contributed by atoms with E-state index in [2.05, 4.69) is 43.3 Å². The van der Waals surface area contributed by atoms with Gasteiger partial charge >= 0.3 is 0 Å². The first-order chi connectivity index (χ1) is 9.66. The lowest BCUT2D eigenvalue weighted by Crippen LogP contribution is -1.92. The van der Waals surface area contributed by atoms with Crippen LogP contribution in [-0.2, 0) is 0 Å². The molecule has 0 radical (unpaired) electrons. The van der Waals surface area contributed by atoms with Crippen molar-refractivity contribution in [3.63, 3.8) is 0 Å². The Morgan fingerprint density at radius 1 is 0.850 bits per heavy atom. The zero-order valence-corrected chi connectivity index (χ0v) is 11.7. The Balaban J connectivity index is 2.23. The van der Waals surface area contributed by atoms with E-state index in [1.54, 1.807) is 6.92 Å². The molecule has 3 rings (SSSR count). The van der Waals surface area contributed by atoms with E-state index in [0.717, 1.165) is 11.1 Å². The molecule has 0 fully saturated rings. The molecule has 20 heavy (non-hydrogen) atoms. The predicted octanol–water partition coefficient (Wildman–Crippen LogP) is 5.02. The third-order valence-electron chi connectivity index (χ3n) is 3.72. The summed E-state index contributed by atoms with van der Waals surface area (Å²) in [5, 5.41) is 2.49. The van der Waals surface area contributed by atoms with E-state index < -0.39 is 0 Å². The summed E-state index contributed by atoms with van der Waals surface area (Å²) < 4.78 is 0. The van der Waals surface area contributed by atoms with Gasteiger partial charge in [-0.25, -0.2) is 0 Å². The summed E-state index contributed by atoms with van der Waals surface area (Å²) >= 11 is 0. The minimum Gasteiger partial charge on any atom is -0.295 e. The van der Waals surface area contributed by atoms with Crippen molar-refractivity contribution >= 4 is 16.6 Å². The highest BCUT2D eigenvalue weighted by Crippen LogP contribution is 2.31. The van der Waals surface area contributed by atoms with Gasteiger partial charge in [0.15, 0.2) is 5.78 Å². The van der Waals surface area contributed by atoms with E-state index in [-0.39, 0.29) is 5.78 Å². The molecule has 0 bridgehead atoms. The van der Waals surface area contributed by atoms with E-state index in [1.165, 1.54) is 21.9 Å². The monoisotopic (exact) mass is 260 g/mol. The van der Waals surface area contributed by atoms with Crippen molar-refractivity contribution in [2.75, 3.05) is 0 Å². The molecule has 0 aliphatic carbocycles. The topological polar surface area (TPSA) is 17.1 Å². The summed E-state index contributed by atoms with van der Waals surface area (Å²) in [6, 6.07) is 20.6. The standard InChI is InChI=1S/C19H16O/c1-13-7-8-16-5-3-4-6-18(16)19(13)17-11-9-15(10-12-17)14(2)20/h3-12H,1-2H3. The van der Waals surface area contributed by atoms with Gasteiger partial charge < -0.3 is 0 Å². The van der Waals surface area contributed by atoms with E-state index in [4.69, 9.17) is 0 Å². The van der Waals surface area contributed by atoms with Crippen LogP contribution in [-0.4, -0.2) is 5.78 Å². The zero-order chi connectivity index (χ0) is 14.1. The van der Waals surface area contributed by atoms with Gasteiger partial charge in [-0.2, -0.15) is 0 Å². The average Bonchev–Trinajstić information content (AvgIpc) is 2.47. The average molecular weight is 260 g/mol. The van der Waals surface area contributed by atoms with Crippen LogP contribution < -0.4 is 0 Å². The Labute approximate surface area is 118 Å². The van der Waals surface area contributed by atoms with Gasteiger partial charge in [-0.15, -0.1) is 0 Å². The summed E-state index contributed by atoms with van der Waals surface area (Å²) in [5.41, 5.74) is 4.41. The van der Waals surface area contributed by atoms with Gasteiger partial charge in [0.05, 0.1) is 0 Å². The first-order valence-electron chi connectivity index (χ1n) is 6.76. The summed E-state index contributed by atoms with van der Waals surface area (Å²) in [7, 11) is 0. The second kappa shape index (κ2) is 4.93. The lowest BCUT2D eigenvalue weighted by atomic mass is 9.93. The Kier molecular flexibility index (Phi) is 3.11. The first kappa shape index (κ1) is 12.6. The second-order valence-corrected chi connectivity index (χ2v) is 5.11. The number of carbonyl (C=O) groups is 1. The van der Waals surface area contributed by atoms with Crippen molar-refractivity contribution < 1.29 is 4.79 Å². The van der Waals surface area contributed by atoms with Gasteiger partial charge in [-0.3, -0.25) is 4.79 Å². The predicted molar refractivity (Wildman–Crippen MR) is 84.1 cm³/mol. The van der Waals surface area contributed by atoms with Crippen LogP contribution in [0.4, 0.5) is 0 Å². The maximum Gasteiger partial charge on any atom is 0.159 e. The Morgan fingerprint density at radius 2 is 1.55 bits per heavy atom. The Bertz CT molecular complexity index is 782. The number of benzene rings is 3. The van der Waals surface area contributed by atoms with Crippen LogP contribution in [0.1, 0.15) is 22.8 Å². The Morgan fingerprint density at radius 3 is 2.25 bits per heavy atom. The molecule has 98 valence electrons. The van der Waals surface area contributed by atoms with Crippen LogP contribution in [0.25, 0.3) is 21.9 Å². The smallest absolute Gasteiger partial charge is 0.159 e. The van der Waals surface area contributed by atoms with Crippen molar-refractivity contribution in [3.05, 3.63) is 71.8 Å². The lowest BCUT2D eigenvalue weighted by molar-refractivity contribution is 0.101. The molecule has 0 aromatic heterocycles. The maximum absolute atomic E-state index is 11.4. The number of fused-ring (bicyclic) bond motifs is 1. The van der Waals surface area contributed by atoms with Crippen LogP contribution in [0.15, 0.2) is 60.7 Å². The fourth-order valence-corrected chi connectivity index (χ4v) is 2.64. The van der Waals surface area contributed by atoms with E-state index in [0.29, 0.717) is 0 Å². The van der Waals surface area contributed by atoms with Crippen molar-refractivity contribution in [3.8, 4) is 11.1 Å². The van der Waals surface area contributed by atoms with Crippen LogP contribution >= 0.6 is 0 Å². The van der Waals surface area contributed by atoms with Crippen LogP contribution in [0, 0.1) is 6.92 Å². The zero-order valence-electron chi connectivity index (χ0n) is 11.7. The van der Waals surface area contributed by atoms with Gasteiger partial charge in [-0.05, 0) is 41.3 Å². The number of rotatable bonds is 2. The van der Waals surface area contributed by atoms with E-state index >= 15 is 0 Å². The molecule has 3 aromatic carbocycles. The normalized spacial score (nSPS) is 10.7. The molecular weight excluding hydrogens is 244 g/mol. The third-order valence-corrected chi connectivity index (χ3v) is 3.72. The first-order valence-corrected chi connectivity index (χ1v) is 6.76. The van der Waals surface area contributed by atoms with Gasteiger partial charge in [0, 0.05) is 5.56 Å². The molecule has 0 aliphatic heterocycles. The molecule has 3 aromatic rings. The van der Waals surface area contributed by atoms with Crippen LogP contribution in [0.5, 0.6) is 0 Å². The highest BCUT2D eigenvalue weighted by atomic mass is 16.1. The SMILES string of the molecule is CC(=O)c1ccc(-c2c(C)ccc3ccccc23)cc1. The summed E-state index contributed by atoms with van der Waals surface area (Å²) in [5.74, 6) is 0.103. The van der Waals surface area contributed by atoms with Gasteiger partial charge in [0.1, 0.15) is 0 Å². The molecule has 0 spiro atoms. The number of ketones is 1. The van der Waals surface area contributed by atoms with Crippen LogP contribution in [0.2, 0.25) is 0 Å². The van der Waals surface area contributed by atoms with Gasteiger partial charge in [0.2, 0.25) is 0 Å².